The number of thiophene rings is 1. The van der Waals surface area contributed by atoms with Crippen molar-refractivity contribution in [2.24, 2.45) is 0 Å². The molecule has 9 rings (SSSR count). The molecule has 0 spiro atoms. The summed E-state index contributed by atoms with van der Waals surface area (Å²) in [4.78, 5) is 10.2. The van der Waals surface area contributed by atoms with Crippen LogP contribution in [-0.4, -0.2) is 14.5 Å². The van der Waals surface area contributed by atoms with E-state index < -0.39 is 0 Å². The van der Waals surface area contributed by atoms with Crippen molar-refractivity contribution in [3.63, 3.8) is 0 Å². The van der Waals surface area contributed by atoms with Crippen LogP contribution in [0.1, 0.15) is 5.56 Å². The van der Waals surface area contributed by atoms with Gasteiger partial charge in [-0.05, 0) is 53.6 Å². The quantitative estimate of drug-likeness (QED) is 0.201. The standard InChI is InChI=1S/C41H24N4S/c42-25-26-10-8-14-30(22-26)38-40-39(44-41(43-38)27-11-2-1-3-12-27)34-21-20-29(24-37(34)46-40)28-13-9-15-31(23-28)45-35-18-6-4-16-32(35)33-17-5-7-19-36(33)45/h1-24H. The maximum Gasteiger partial charge on any atom is 0.160 e. The van der Waals surface area contributed by atoms with Gasteiger partial charge in [0.05, 0.1) is 38.6 Å². The minimum absolute atomic E-state index is 0.608. The van der Waals surface area contributed by atoms with Crippen LogP contribution in [0.2, 0.25) is 0 Å². The predicted octanol–water partition coefficient (Wildman–Crippen LogP) is 10.8. The van der Waals surface area contributed by atoms with Gasteiger partial charge in [-0.1, -0.05) is 103 Å². The van der Waals surface area contributed by atoms with Crippen LogP contribution >= 0.6 is 11.3 Å². The van der Waals surface area contributed by atoms with Crippen LogP contribution < -0.4 is 0 Å². The van der Waals surface area contributed by atoms with E-state index in [1.165, 1.54) is 21.8 Å². The van der Waals surface area contributed by atoms with E-state index in [0.29, 0.717) is 11.4 Å². The van der Waals surface area contributed by atoms with Crippen molar-refractivity contribution in [1.82, 2.24) is 14.5 Å². The molecule has 0 saturated carbocycles. The normalized spacial score (nSPS) is 11.5. The molecule has 214 valence electrons. The van der Waals surface area contributed by atoms with Crippen LogP contribution in [0.25, 0.3) is 81.6 Å². The summed E-state index contributed by atoms with van der Waals surface area (Å²) in [6, 6.07) is 52.7. The summed E-state index contributed by atoms with van der Waals surface area (Å²) >= 11 is 1.70. The van der Waals surface area contributed by atoms with Gasteiger partial charge in [-0.25, -0.2) is 9.97 Å². The zero-order chi connectivity index (χ0) is 30.6. The number of hydrogen-bond donors (Lipinski definition) is 0. The van der Waals surface area contributed by atoms with Gasteiger partial charge in [0.15, 0.2) is 5.82 Å². The highest BCUT2D eigenvalue weighted by molar-refractivity contribution is 7.26. The fourth-order valence-corrected chi connectivity index (χ4v) is 7.69. The van der Waals surface area contributed by atoms with E-state index in [2.05, 4.69) is 102 Å². The largest absolute Gasteiger partial charge is 0.309 e. The van der Waals surface area contributed by atoms with Gasteiger partial charge in [-0.2, -0.15) is 5.26 Å². The first kappa shape index (κ1) is 26.3. The van der Waals surface area contributed by atoms with Crippen molar-refractivity contribution >= 4 is 53.4 Å². The number of nitriles is 1. The van der Waals surface area contributed by atoms with E-state index in [9.17, 15) is 5.26 Å². The van der Waals surface area contributed by atoms with Gasteiger partial charge in [0.25, 0.3) is 0 Å². The Morgan fingerprint density at radius 2 is 1.22 bits per heavy atom. The molecule has 3 aromatic heterocycles. The summed E-state index contributed by atoms with van der Waals surface area (Å²) in [6.45, 7) is 0. The van der Waals surface area contributed by atoms with Crippen LogP contribution in [0.15, 0.2) is 146 Å². The molecule has 0 saturated heterocycles. The summed E-state index contributed by atoms with van der Waals surface area (Å²) in [5.41, 5.74) is 10.1. The van der Waals surface area contributed by atoms with Gasteiger partial charge in [-0.3, -0.25) is 0 Å². The van der Waals surface area contributed by atoms with Gasteiger partial charge in [0.1, 0.15) is 0 Å². The first-order valence-electron chi connectivity index (χ1n) is 15.1. The van der Waals surface area contributed by atoms with Gasteiger partial charge < -0.3 is 4.57 Å². The van der Waals surface area contributed by atoms with Gasteiger partial charge in [0.2, 0.25) is 0 Å². The van der Waals surface area contributed by atoms with Crippen molar-refractivity contribution in [3.05, 3.63) is 151 Å². The minimum Gasteiger partial charge on any atom is -0.309 e. The molecule has 6 aromatic carbocycles. The Hall–Kier alpha value is -6.09. The maximum absolute atomic E-state index is 9.61. The highest BCUT2D eigenvalue weighted by Crippen LogP contribution is 2.41. The van der Waals surface area contributed by atoms with E-state index in [4.69, 9.17) is 9.97 Å². The number of aromatic nitrogens is 3. The third kappa shape index (κ3) is 4.20. The number of rotatable bonds is 4. The first-order chi connectivity index (χ1) is 22.7. The lowest BCUT2D eigenvalue weighted by molar-refractivity contribution is 1.18. The Balaban J connectivity index is 1.22. The molecule has 0 N–H and O–H groups in total. The SMILES string of the molecule is N#Cc1cccc(-c2nc(-c3ccccc3)nc3c2sc2cc(-c4cccc(-n5c6ccccc6c6ccccc65)c4)ccc23)c1. The molecule has 0 atom stereocenters. The molecule has 46 heavy (non-hydrogen) atoms. The van der Waals surface area contributed by atoms with E-state index in [-0.39, 0.29) is 0 Å². The number of fused-ring (bicyclic) bond motifs is 6. The number of para-hydroxylation sites is 2. The molecule has 3 heterocycles. The van der Waals surface area contributed by atoms with Crippen LogP contribution in [0.3, 0.4) is 0 Å². The second-order valence-corrected chi connectivity index (χ2v) is 12.4. The molecule has 5 heteroatoms. The average molecular weight is 605 g/mol. The lowest BCUT2D eigenvalue weighted by Gasteiger charge is -2.10. The fourth-order valence-electron chi connectivity index (χ4n) is 6.49. The summed E-state index contributed by atoms with van der Waals surface area (Å²) in [6.07, 6.45) is 0. The summed E-state index contributed by atoms with van der Waals surface area (Å²) in [5, 5.41) is 13.2. The zero-order valence-corrected chi connectivity index (χ0v) is 25.4. The smallest absolute Gasteiger partial charge is 0.160 e. The molecule has 0 aliphatic heterocycles. The highest BCUT2D eigenvalue weighted by atomic mass is 32.1. The zero-order valence-electron chi connectivity index (χ0n) is 24.6. The van der Waals surface area contributed by atoms with Crippen molar-refractivity contribution in [2.75, 3.05) is 0 Å². The second kappa shape index (κ2) is 10.5. The Morgan fingerprint density at radius 3 is 2.00 bits per heavy atom. The molecule has 0 aliphatic rings. The third-order valence-corrected chi connectivity index (χ3v) is 9.78. The van der Waals surface area contributed by atoms with Gasteiger partial charge >= 0.3 is 0 Å². The molecule has 0 bridgehead atoms. The highest BCUT2D eigenvalue weighted by Gasteiger charge is 2.18. The molecule has 0 aliphatic carbocycles. The molecular formula is C41H24N4S. The van der Waals surface area contributed by atoms with E-state index in [0.717, 1.165) is 53.9 Å². The second-order valence-electron chi connectivity index (χ2n) is 11.4. The fraction of sp³-hybridized carbons (Fsp3) is 0. The van der Waals surface area contributed by atoms with Gasteiger partial charge in [-0.15, -0.1) is 11.3 Å². The summed E-state index contributed by atoms with van der Waals surface area (Å²) in [5.74, 6) is 0.674. The van der Waals surface area contributed by atoms with Crippen molar-refractivity contribution in [1.29, 1.82) is 5.26 Å². The first-order valence-corrected chi connectivity index (χ1v) is 16.0. The summed E-state index contributed by atoms with van der Waals surface area (Å²) in [7, 11) is 0. The van der Waals surface area contributed by atoms with Gasteiger partial charge in [0, 0.05) is 37.7 Å². The molecular weight excluding hydrogens is 581 g/mol. The predicted molar refractivity (Wildman–Crippen MR) is 190 cm³/mol. The monoisotopic (exact) mass is 604 g/mol. The Bertz CT molecular complexity index is 2610. The van der Waals surface area contributed by atoms with E-state index >= 15 is 0 Å². The molecule has 4 nitrogen and oxygen atoms in total. The van der Waals surface area contributed by atoms with Crippen molar-refractivity contribution < 1.29 is 0 Å². The molecule has 9 aromatic rings. The van der Waals surface area contributed by atoms with Crippen LogP contribution in [0.4, 0.5) is 0 Å². The van der Waals surface area contributed by atoms with Crippen molar-refractivity contribution in [3.8, 4) is 45.5 Å². The van der Waals surface area contributed by atoms with Crippen LogP contribution in [-0.2, 0) is 0 Å². The molecule has 0 unspecified atom stereocenters. The van der Waals surface area contributed by atoms with Crippen molar-refractivity contribution in [2.45, 2.75) is 0 Å². The lowest BCUT2D eigenvalue weighted by Crippen LogP contribution is -1.94. The number of nitrogens with zero attached hydrogens (tertiary/aromatic N) is 4. The molecule has 0 radical (unpaired) electrons. The topological polar surface area (TPSA) is 54.5 Å². The van der Waals surface area contributed by atoms with E-state index in [1.54, 1.807) is 11.3 Å². The van der Waals surface area contributed by atoms with E-state index in [1.807, 2.05) is 54.6 Å². The Morgan fingerprint density at radius 1 is 0.543 bits per heavy atom. The average Bonchev–Trinajstić information content (AvgIpc) is 3.67. The molecule has 0 amide bonds. The number of hydrogen-bond acceptors (Lipinski definition) is 4. The van der Waals surface area contributed by atoms with Crippen LogP contribution in [0, 0.1) is 11.3 Å². The third-order valence-electron chi connectivity index (χ3n) is 8.63. The molecule has 0 fully saturated rings. The number of benzene rings is 6. The Kier molecular flexibility index (Phi) is 6.02. The summed E-state index contributed by atoms with van der Waals surface area (Å²) < 4.78 is 4.52. The van der Waals surface area contributed by atoms with Crippen LogP contribution in [0.5, 0.6) is 0 Å². The minimum atomic E-state index is 0.608. The lowest BCUT2D eigenvalue weighted by atomic mass is 10.0. The Labute approximate surface area is 269 Å². The maximum atomic E-state index is 9.61.